The third kappa shape index (κ3) is 5.43. The molecule has 2 heteroatoms. The molecule has 0 saturated carbocycles. The molecule has 0 N–H and O–H groups in total. The van der Waals surface area contributed by atoms with E-state index in [1.807, 2.05) is 24.4 Å². The van der Waals surface area contributed by atoms with E-state index in [2.05, 4.69) is 36.9 Å². The van der Waals surface area contributed by atoms with E-state index in [1.165, 1.54) is 5.57 Å². The van der Waals surface area contributed by atoms with Gasteiger partial charge >= 0.3 is 0 Å². The number of thioether (sulfide) groups is 1. The Kier molecular flexibility index (Phi) is 5.19. The van der Waals surface area contributed by atoms with Crippen molar-refractivity contribution in [3.05, 3.63) is 48.0 Å². The van der Waals surface area contributed by atoms with Gasteiger partial charge in [0.25, 0.3) is 0 Å². The highest BCUT2D eigenvalue weighted by Crippen LogP contribution is 2.18. The van der Waals surface area contributed by atoms with Gasteiger partial charge in [-0.05, 0) is 36.8 Å². The van der Waals surface area contributed by atoms with Crippen LogP contribution in [0.2, 0.25) is 0 Å². The Labute approximate surface area is 96.3 Å². The molecule has 0 radical (unpaired) electrons. The third-order valence-corrected chi connectivity index (χ3v) is 2.68. The lowest BCUT2D eigenvalue weighted by Crippen LogP contribution is -1.88. The van der Waals surface area contributed by atoms with Crippen LogP contribution in [0, 0.1) is 5.92 Å². The normalized spacial score (nSPS) is 12.9. The second kappa shape index (κ2) is 6.46. The molecule has 0 spiro atoms. The van der Waals surface area contributed by atoms with Crippen molar-refractivity contribution < 1.29 is 0 Å². The molecule has 0 saturated heterocycles. The maximum atomic E-state index is 4.23. The fourth-order valence-corrected chi connectivity index (χ4v) is 2.04. The predicted molar refractivity (Wildman–Crippen MR) is 67.8 cm³/mol. The highest BCUT2D eigenvalue weighted by Gasteiger charge is 1.96. The van der Waals surface area contributed by atoms with Gasteiger partial charge in [0.05, 0.1) is 0 Å². The summed E-state index contributed by atoms with van der Waals surface area (Å²) < 4.78 is 0. The van der Waals surface area contributed by atoms with Crippen molar-refractivity contribution in [3.8, 4) is 0 Å². The van der Waals surface area contributed by atoms with Crippen LogP contribution in [0.5, 0.6) is 0 Å². The monoisotopic (exact) mass is 219 g/mol. The minimum Gasteiger partial charge on any atom is -0.250 e. The molecule has 1 atom stereocenters. The van der Waals surface area contributed by atoms with Crippen molar-refractivity contribution in [1.29, 1.82) is 0 Å². The molecule has 1 aromatic heterocycles. The maximum Gasteiger partial charge on any atom is 0.100 e. The third-order valence-electron chi connectivity index (χ3n) is 1.90. The summed E-state index contributed by atoms with van der Waals surface area (Å²) in [5.74, 6) is 0.554. The van der Waals surface area contributed by atoms with Crippen molar-refractivity contribution in [3.63, 3.8) is 0 Å². The van der Waals surface area contributed by atoms with E-state index in [-0.39, 0.29) is 0 Å². The lowest BCUT2D eigenvalue weighted by molar-refractivity contribution is 0.719. The predicted octanol–water partition coefficient (Wildman–Crippen LogP) is 4.29. The van der Waals surface area contributed by atoms with Crippen molar-refractivity contribution >= 4 is 11.8 Å². The van der Waals surface area contributed by atoms with Gasteiger partial charge in [-0.2, -0.15) is 0 Å². The zero-order valence-corrected chi connectivity index (χ0v) is 10.1. The molecule has 0 amide bonds. The van der Waals surface area contributed by atoms with Gasteiger partial charge < -0.3 is 0 Å². The molecule has 1 nitrogen and oxygen atoms in total. The minimum absolute atomic E-state index is 0.554. The summed E-state index contributed by atoms with van der Waals surface area (Å²) in [6.45, 7) is 8.17. The fraction of sp³-hybridized carbons (Fsp3) is 0.308. The highest BCUT2D eigenvalue weighted by atomic mass is 32.2. The zero-order valence-electron chi connectivity index (χ0n) is 9.31. The van der Waals surface area contributed by atoms with Crippen molar-refractivity contribution in [2.75, 3.05) is 0 Å². The molecule has 0 aliphatic heterocycles. The van der Waals surface area contributed by atoms with E-state index >= 15 is 0 Å². The zero-order chi connectivity index (χ0) is 11.1. The summed E-state index contributed by atoms with van der Waals surface area (Å²) in [6, 6.07) is 5.94. The van der Waals surface area contributed by atoms with Gasteiger partial charge in [0.2, 0.25) is 0 Å². The van der Waals surface area contributed by atoms with E-state index in [4.69, 9.17) is 0 Å². The first kappa shape index (κ1) is 12.1. The number of allylic oxidation sites excluding steroid dienone is 2. The Balaban J connectivity index is 2.36. The Morgan fingerprint density at radius 3 is 3.00 bits per heavy atom. The Bertz CT molecular complexity index is 330. The van der Waals surface area contributed by atoms with Crippen LogP contribution in [-0.2, 0) is 0 Å². The van der Waals surface area contributed by atoms with E-state index in [9.17, 15) is 0 Å². The second-order valence-corrected chi connectivity index (χ2v) is 4.68. The topological polar surface area (TPSA) is 12.9 Å². The molecule has 0 bridgehead atoms. The van der Waals surface area contributed by atoms with Crippen LogP contribution >= 0.6 is 11.8 Å². The molecule has 1 heterocycles. The average Bonchev–Trinajstić information content (AvgIpc) is 2.18. The number of nitrogens with zero attached hydrogens (tertiary/aromatic N) is 1. The first-order valence-corrected chi connectivity index (χ1v) is 5.95. The van der Waals surface area contributed by atoms with Gasteiger partial charge in [-0.3, -0.25) is 0 Å². The van der Waals surface area contributed by atoms with E-state index in [1.54, 1.807) is 11.8 Å². The highest BCUT2D eigenvalue weighted by molar-refractivity contribution is 8.02. The Hall–Kier alpha value is -1.02. The SMILES string of the molecule is C=C(C)CC(C)/C=C/Sc1ccccn1. The molecule has 1 aromatic rings. The number of aromatic nitrogens is 1. The molecular formula is C13H17NS. The van der Waals surface area contributed by atoms with Crippen LogP contribution in [-0.4, -0.2) is 4.98 Å². The standard InChI is InChI=1S/C13H17NS/c1-11(2)10-12(3)7-9-15-13-6-4-5-8-14-13/h4-9,12H,1,10H2,2-3H3/b9-7+. The molecule has 0 aromatic carbocycles. The van der Waals surface area contributed by atoms with Gasteiger partial charge in [0.1, 0.15) is 5.03 Å². The summed E-state index contributed by atoms with van der Waals surface area (Å²) in [6.07, 6.45) is 5.07. The first-order chi connectivity index (χ1) is 7.18. The minimum atomic E-state index is 0.554. The van der Waals surface area contributed by atoms with Crippen LogP contribution in [0.4, 0.5) is 0 Å². The van der Waals surface area contributed by atoms with Gasteiger partial charge in [-0.15, -0.1) is 6.58 Å². The average molecular weight is 219 g/mol. The molecule has 15 heavy (non-hydrogen) atoms. The summed E-state index contributed by atoms with van der Waals surface area (Å²) >= 11 is 1.65. The molecule has 0 aliphatic rings. The summed E-state index contributed by atoms with van der Waals surface area (Å²) in [7, 11) is 0. The summed E-state index contributed by atoms with van der Waals surface area (Å²) in [5, 5.41) is 3.15. The lowest BCUT2D eigenvalue weighted by atomic mass is 10.0. The second-order valence-electron chi connectivity index (χ2n) is 3.75. The van der Waals surface area contributed by atoms with Crippen LogP contribution in [0.1, 0.15) is 20.3 Å². The van der Waals surface area contributed by atoms with Crippen molar-refractivity contribution in [2.45, 2.75) is 25.3 Å². The van der Waals surface area contributed by atoms with Crippen molar-refractivity contribution in [2.24, 2.45) is 5.92 Å². The maximum absolute atomic E-state index is 4.23. The molecule has 80 valence electrons. The van der Waals surface area contributed by atoms with Gasteiger partial charge in [0.15, 0.2) is 0 Å². The van der Waals surface area contributed by atoms with Gasteiger partial charge in [0, 0.05) is 6.20 Å². The van der Waals surface area contributed by atoms with Gasteiger partial charge in [-0.25, -0.2) is 4.98 Å². The van der Waals surface area contributed by atoms with E-state index in [0.29, 0.717) is 5.92 Å². The van der Waals surface area contributed by atoms with Gasteiger partial charge in [-0.1, -0.05) is 36.4 Å². The number of rotatable bonds is 5. The van der Waals surface area contributed by atoms with Crippen LogP contribution in [0.15, 0.2) is 53.1 Å². The smallest absolute Gasteiger partial charge is 0.100 e. The Morgan fingerprint density at radius 2 is 2.40 bits per heavy atom. The lowest BCUT2D eigenvalue weighted by Gasteiger charge is -2.04. The Morgan fingerprint density at radius 1 is 1.60 bits per heavy atom. The quantitative estimate of drug-likeness (QED) is 0.541. The molecule has 1 unspecified atom stereocenters. The van der Waals surface area contributed by atoms with E-state index < -0.39 is 0 Å². The summed E-state index contributed by atoms with van der Waals surface area (Å²) in [4.78, 5) is 4.23. The van der Waals surface area contributed by atoms with Crippen molar-refractivity contribution in [1.82, 2.24) is 4.98 Å². The number of pyridine rings is 1. The van der Waals surface area contributed by atoms with Crippen LogP contribution < -0.4 is 0 Å². The van der Waals surface area contributed by atoms with Crippen LogP contribution in [0.3, 0.4) is 0 Å². The number of hydrogen-bond acceptors (Lipinski definition) is 2. The fourth-order valence-electron chi connectivity index (χ4n) is 1.28. The molecule has 0 aliphatic carbocycles. The molecular weight excluding hydrogens is 202 g/mol. The van der Waals surface area contributed by atoms with Crippen LogP contribution in [0.25, 0.3) is 0 Å². The largest absolute Gasteiger partial charge is 0.250 e. The summed E-state index contributed by atoms with van der Waals surface area (Å²) in [5.41, 5.74) is 1.23. The number of hydrogen-bond donors (Lipinski definition) is 0. The molecule has 0 fully saturated rings. The van der Waals surface area contributed by atoms with E-state index in [0.717, 1.165) is 11.4 Å². The molecule has 1 rings (SSSR count). The first-order valence-electron chi connectivity index (χ1n) is 5.07.